The molecule has 0 aliphatic carbocycles. The van der Waals surface area contributed by atoms with Gasteiger partial charge in [-0.15, -0.1) is 0 Å². The molecule has 0 bridgehead atoms. The van der Waals surface area contributed by atoms with Crippen LogP contribution in [0.1, 0.15) is 41.5 Å². The van der Waals surface area contributed by atoms with Crippen molar-refractivity contribution >= 4 is 11.9 Å². The Morgan fingerprint density at radius 3 is 1.95 bits per heavy atom. The van der Waals surface area contributed by atoms with Gasteiger partial charge in [-0.1, -0.05) is 6.08 Å². The van der Waals surface area contributed by atoms with Crippen LogP contribution in [0.2, 0.25) is 0 Å². The van der Waals surface area contributed by atoms with Crippen molar-refractivity contribution in [2.45, 2.75) is 52.7 Å². The summed E-state index contributed by atoms with van der Waals surface area (Å²) in [6, 6.07) is 0. The third-order valence-corrected chi connectivity index (χ3v) is 2.19. The van der Waals surface area contributed by atoms with E-state index in [2.05, 4.69) is 5.32 Å². The molecule has 0 amide bonds. The summed E-state index contributed by atoms with van der Waals surface area (Å²) in [5.74, 6) is -1.17. The summed E-state index contributed by atoms with van der Waals surface area (Å²) < 4.78 is 10.6. The smallest absolute Gasteiger partial charge is 0.356 e. The second-order valence-electron chi connectivity index (χ2n) is 6.66. The summed E-state index contributed by atoms with van der Waals surface area (Å²) in [4.78, 5) is 24.5. The SMILES string of the molecule is CC(C)(C)OC(=O)C1=C(C(=O)OC(C)(C)C)NC=CC=C1. The minimum atomic E-state index is -0.648. The summed E-state index contributed by atoms with van der Waals surface area (Å²) in [5.41, 5.74) is -1.07. The van der Waals surface area contributed by atoms with Crippen molar-refractivity contribution in [1.29, 1.82) is 0 Å². The maximum absolute atomic E-state index is 12.2. The molecule has 1 N–H and O–H groups in total. The van der Waals surface area contributed by atoms with Crippen LogP contribution < -0.4 is 5.32 Å². The van der Waals surface area contributed by atoms with Crippen molar-refractivity contribution in [2.75, 3.05) is 0 Å². The molecule has 1 aliphatic rings. The molecule has 0 saturated heterocycles. The van der Waals surface area contributed by atoms with Gasteiger partial charge in [-0.3, -0.25) is 0 Å². The van der Waals surface area contributed by atoms with Crippen molar-refractivity contribution < 1.29 is 19.1 Å². The van der Waals surface area contributed by atoms with Crippen LogP contribution in [0, 0.1) is 0 Å². The zero-order valence-corrected chi connectivity index (χ0v) is 13.4. The molecule has 0 aromatic rings. The molecule has 5 heteroatoms. The van der Waals surface area contributed by atoms with Gasteiger partial charge < -0.3 is 14.8 Å². The average Bonchev–Trinajstić information content (AvgIpc) is 2.48. The van der Waals surface area contributed by atoms with E-state index in [1.165, 1.54) is 6.08 Å². The number of nitrogens with one attached hydrogen (secondary N) is 1. The van der Waals surface area contributed by atoms with Crippen molar-refractivity contribution in [1.82, 2.24) is 5.32 Å². The summed E-state index contributed by atoms with van der Waals surface area (Å²) in [6.07, 6.45) is 6.43. The largest absolute Gasteiger partial charge is 0.456 e. The molecule has 0 spiro atoms. The highest BCUT2D eigenvalue weighted by atomic mass is 16.6. The predicted octanol–water partition coefficient (Wildman–Crippen LogP) is 2.60. The van der Waals surface area contributed by atoms with Crippen LogP contribution >= 0.6 is 0 Å². The zero-order valence-electron chi connectivity index (χ0n) is 13.4. The Labute approximate surface area is 125 Å². The van der Waals surface area contributed by atoms with Gasteiger partial charge in [0.25, 0.3) is 0 Å². The molecular formula is C16H23NO4. The Balaban J connectivity index is 3.12. The fourth-order valence-corrected chi connectivity index (χ4v) is 1.50. The number of hydrogen-bond acceptors (Lipinski definition) is 5. The van der Waals surface area contributed by atoms with Crippen LogP contribution in [-0.2, 0) is 19.1 Å². The maximum atomic E-state index is 12.2. The van der Waals surface area contributed by atoms with E-state index in [1.54, 1.807) is 59.9 Å². The van der Waals surface area contributed by atoms with E-state index in [0.717, 1.165) is 0 Å². The van der Waals surface area contributed by atoms with Crippen LogP contribution in [-0.4, -0.2) is 23.1 Å². The molecule has 0 unspecified atom stereocenters. The van der Waals surface area contributed by atoms with Crippen LogP contribution in [0.5, 0.6) is 0 Å². The van der Waals surface area contributed by atoms with E-state index >= 15 is 0 Å². The average molecular weight is 293 g/mol. The number of carbonyl (C=O) groups excluding carboxylic acids is 2. The Morgan fingerprint density at radius 2 is 1.43 bits per heavy atom. The second kappa shape index (κ2) is 6.16. The Bertz CT molecular complexity index is 513. The summed E-state index contributed by atoms with van der Waals surface area (Å²) in [5, 5.41) is 2.78. The van der Waals surface area contributed by atoms with Crippen molar-refractivity contribution in [3.8, 4) is 0 Å². The maximum Gasteiger partial charge on any atom is 0.356 e. The predicted molar refractivity (Wildman–Crippen MR) is 80.1 cm³/mol. The van der Waals surface area contributed by atoms with Gasteiger partial charge in [-0.05, 0) is 53.7 Å². The van der Waals surface area contributed by atoms with E-state index in [1.807, 2.05) is 0 Å². The highest BCUT2D eigenvalue weighted by Gasteiger charge is 2.27. The molecule has 0 aromatic heterocycles. The number of esters is 2. The third-order valence-electron chi connectivity index (χ3n) is 2.19. The van der Waals surface area contributed by atoms with Crippen molar-refractivity contribution in [3.05, 3.63) is 35.7 Å². The van der Waals surface area contributed by atoms with E-state index in [-0.39, 0.29) is 11.3 Å². The molecule has 1 aliphatic heterocycles. The quantitative estimate of drug-likeness (QED) is 0.793. The summed E-state index contributed by atoms with van der Waals surface area (Å²) >= 11 is 0. The van der Waals surface area contributed by atoms with E-state index in [0.29, 0.717) is 0 Å². The first-order valence-corrected chi connectivity index (χ1v) is 6.80. The lowest BCUT2D eigenvalue weighted by Gasteiger charge is -2.23. The molecule has 0 fully saturated rings. The van der Waals surface area contributed by atoms with Crippen LogP contribution in [0.4, 0.5) is 0 Å². The van der Waals surface area contributed by atoms with Gasteiger partial charge in [0, 0.05) is 6.20 Å². The lowest BCUT2D eigenvalue weighted by Crippen LogP contribution is -2.31. The van der Waals surface area contributed by atoms with Gasteiger partial charge in [0.05, 0.1) is 5.57 Å². The monoisotopic (exact) mass is 293 g/mol. The summed E-state index contributed by atoms with van der Waals surface area (Å²) in [7, 11) is 0. The third kappa shape index (κ3) is 5.85. The first kappa shape index (κ1) is 17.0. The second-order valence-corrected chi connectivity index (χ2v) is 6.66. The lowest BCUT2D eigenvalue weighted by atomic mass is 10.1. The molecule has 1 rings (SSSR count). The summed E-state index contributed by atoms with van der Waals surface area (Å²) in [6.45, 7) is 10.6. The van der Waals surface area contributed by atoms with Gasteiger partial charge in [0.1, 0.15) is 16.9 Å². The van der Waals surface area contributed by atoms with Crippen molar-refractivity contribution in [3.63, 3.8) is 0 Å². The molecular weight excluding hydrogens is 270 g/mol. The number of hydrogen-bond donors (Lipinski definition) is 1. The van der Waals surface area contributed by atoms with Gasteiger partial charge in [0.2, 0.25) is 0 Å². The molecule has 116 valence electrons. The Hall–Kier alpha value is -2.04. The van der Waals surface area contributed by atoms with Crippen LogP contribution in [0.15, 0.2) is 35.7 Å². The van der Waals surface area contributed by atoms with Crippen molar-refractivity contribution in [2.24, 2.45) is 0 Å². The van der Waals surface area contributed by atoms with Crippen LogP contribution in [0.25, 0.3) is 0 Å². The molecule has 1 heterocycles. The number of ether oxygens (including phenoxy) is 2. The highest BCUT2D eigenvalue weighted by molar-refractivity contribution is 6.02. The van der Waals surface area contributed by atoms with Crippen LogP contribution in [0.3, 0.4) is 0 Å². The van der Waals surface area contributed by atoms with E-state index < -0.39 is 23.1 Å². The fraction of sp³-hybridized carbons (Fsp3) is 0.500. The molecule has 5 nitrogen and oxygen atoms in total. The first-order valence-electron chi connectivity index (χ1n) is 6.80. The molecule has 0 radical (unpaired) electrons. The van der Waals surface area contributed by atoms with Gasteiger partial charge >= 0.3 is 11.9 Å². The molecule has 0 atom stereocenters. The van der Waals surface area contributed by atoms with Gasteiger partial charge in [0.15, 0.2) is 0 Å². The molecule has 0 saturated carbocycles. The minimum absolute atomic E-state index is 0.0733. The number of rotatable bonds is 2. The van der Waals surface area contributed by atoms with E-state index in [4.69, 9.17) is 9.47 Å². The zero-order chi connectivity index (χ0) is 16.3. The fourth-order valence-electron chi connectivity index (χ4n) is 1.50. The van der Waals surface area contributed by atoms with E-state index in [9.17, 15) is 9.59 Å². The molecule has 0 aromatic carbocycles. The Kier molecular flexibility index (Phi) is 4.99. The highest BCUT2D eigenvalue weighted by Crippen LogP contribution is 2.18. The number of allylic oxidation sites excluding steroid dienone is 2. The molecule has 21 heavy (non-hydrogen) atoms. The lowest BCUT2D eigenvalue weighted by molar-refractivity contribution is -0.153. The topological polar surface area (TPSA) is 64.6 Å². The number of carbonyl (C=O) groups is 2. The van der Waals surface area contributed by atoms with Gasteiger partial charge in [-0.2, -0.15) is 0 Å². The van der Waals surface area contributed by atoms with Gasteiger partial charge in [-0.25, -0.2) is 9.59 Å². The normalized spacial score (nSPS) is 15.3. The Morgan fingerprint density at radius 1 is 0.905 bits per heavy atom. The first-order chi connectivity index (χ1) is 9.49. The standard InChI is InChI=1S/C16H23NO4/c1-15(2,3)20-13(18)11-9-7-8-10-17-12(11)14(19)21-16(4,5)6/h7-10,17H,1-6H3. The minimum Gasteiger partial charge on any atom is -0.456 e.